The van der Waals surface area contributed by atoms with Gasteiger partial charge in [0.2, 0.25) is 0 Å². The van der Waals surface area contributed by atoms with Crippen molar-refractivity contribution in [3.63, 3.8) is 0 Å². The van der Waals surface area contributed by atoms with E-state index in [1.54, 1.807) is 0 Å². The molecule has 0 bridgehead atoms. The van der Waals surface area contributed by atoms with Crippen LogP contribution in [0.2, 0.25) is 0 Å². The minimum absolute atomic E-state index is 0.158. The van der Waals surface area contributed by atoms with Gasteiger partial charge < -0.3 is 0 Å². The standard InChI is InChI=1S/C16H33NO/c1-8-13(2)12-14(3)18-17-15(4,5)10-9-11-16(17,6)7/h13-14H,8-12H2,1-7H3. The van der Waals surface area contributed by atoms with Crippen molar-refractivity contribution >= 4 is 0 Å². The highest BCUT2D eigenvalue weighted by atomic mass is 16.7. The van der Waals surface area contributed by atoms with Crippen molar-refractivity contribution in [1.29, 1.82) is 0 Å². The van der Waals surface area contributed by atoms with Gasteiger partial charge in [-0.3, -0.25) is 4.84 Å². The molecule has 2 nitrogen and oxygen atoms in total. The zero-order valence-electron chi connectivity index (χ0n) is 13.5. The van der Waals surface area contributed by atoms with E-state index in [0.29, 0.717) is 6.10 Å². The van der Waals surface area contributed by atoms with Crippen LogP contribution in [-0.2, 0) is 4.84 Å². The Morgan fingerprint density at radius 3 is 2.00 bits per heavy atom. The van der Waals surface area contributed by atoms with E-state index < -0.39 is 0 Å². The van der Waals surface area contributed by atoms with E-state index in [2.05, 4.69) is 53.5 Å². The second-order valence-electron chi connectivity index (χ2n) is 7.44. The normalized spacial score (nSPS) is 26.8. The molecule has 1 rings (SSSR count). The maximum absolute atomic E-state index is 6.33. The molecule has 2 unspecified atom stereocenters. The maximum atomic E-state index is 6.33. The number of hydroxylamine groups is 2. The molecule has 2 atom stereocenters. The molecule has 0 radical (unpaired) electrons. The molecule has 0 aromatic heterocycles. The Hall–Kier alpha value is -0.0800. The summed E-state index contributed by atoms with van der Waals surface area (Å²) < 4.78 is 0. The smallest absolute Gasteiger partial charge is 0.0768 e. The minimum atomic E-state index is 0.158. The van der Waals surface area contributed by atoms with Gasteiger partial charge >= 0.3 is 0 Å². The fourth-order valence-corrected chi connectivity index (χ4v) is 3.22. The SMILES string of the molecule is CCC(C)CC(C)ON1C(C)(C)CCCC1(C)C. The Balaban J connectivity index is 2.66. The number of hydrogen-bond donors (Lipinski definition) is 0. The molecule has 0 aromatic rings. The van der Waals surface area contributed by atoms with Gasteiger partial charge in [-0.1, -0.05) is 20.3 Å². The van der Waals surface area contributed by atoms with Gasteiger partial charge in [-0.25, -0.2) is 0 Å². The summed E-state index contributed by atoms with van der Waals surface area (Å²) in [6.45, 7) is 16.0. The van der Waals surface area contributed by atoms with Gasteiger partial charge in [0.15, 0.2) is 0 Å². The average molecular weight is 255 g/mol. The van der Waals surface area contributed by atoms with Gasteiger partial charge in [0, 0.05) is 11.1 Å². The van der Waals surface area contributed by atoms with Crippen molar-refractivity contribution in [2.24, 2.45) is 5.92 Å². The van der Waals surface area contributed by atoms with E-state index in [1.165, 1.54) is 25.7 Å². The molecule has 0 N–H and O–H groups in total. The Morgan fingerprint density at radius 2 is 1.56 bits per heavy atom. The number of rotatable bonds is 5. The lowest BCUT2D eigenvalue weighted by Crippen LogP contribution is -2.59. The first kappa shape index (κ1) is 16.0. The molecule has 18 heavy (non-hydrogen) atoms. The molecule has 1 saturated heterocycles. The first-order valence-corrected chi connectivity index (χ1v) is 7.66. The fraction of sp³-hybridized carbons (Fsp3) is 1.00. The molecule has 1 aliphatic rings. The summed E-state index contributed by atoms with van der Waals surface area (Å²) >= 11 is 0. The molecular formula is C16H33NO. The van der Waals surface area contributed by atoms with Crippen LogP contribution in [0.1, 0.15) is 80.6 Å². The largest absolute Gasteiger partial charge is 0.295 e. The van der Waals surface area contributed by atoms with Crippen LogP contribution in [0.3, 0.4) is 0 Å². The van der Waals surface area contributed by atoms with E-state index in [-0.39, 0.29) is 11.1 Å². The van der Waals surface area contributed by atoms with Crippen LogP contribution < -0.4 is 0 Å². The van der Waals surface area contributed by atoms with Gasteiger partial charge in [0.05, 0.1) is 6.10 Å². The highest BCUT2D eigenvalue weighted by Crippen LogP contribution is 2.39. The van der Waals surface area contributed by atoms with Crippen molar-refractivity contribution in [2.75, 3.05) is 0 Å². The Labute approximate surface area is 114 Å². The Bertz CT molecular complexity index is 244. The molecule has 0 saturated carbocycles. The van der Waals surface area contributed by atoms with Crippen LogP contribution in [0.4, 0.5) is 0 Å². The molecule has 1 aliphatic heterocycles. The Kier molecular flexibility index (Phi) is 5.25. The monoisotopic (exact) mass is 255 g/mol. The van der Waals surface area contributed by atoms with E-state index in [4.69, 9.17) is 4.84 Å². The summed E-state index contributed by atoms with van der Waals surface area (Å²) in [4.78, 5) is 6.33. The molecule has 108 valence electrons. The van der Waals surface area contributed by atoms with Gasteiger partial charge in [0.1, 0.15) is 0 Å². The average Bonchev–Trinajstić information content (AvgIpc) is 2.23. The zero-order valence-corrected chi connectivity index (χ0v) is 13.5. The third-order valence-corrected chi connectivity index (χ3v) is 4.39. The van der Waals surface area contributed by atoms with Crippen LogP contribution >= 0.6 is 0 Å². The summed E-state index contributed by atoms with van der Waals surface area (Å²) in [5.74, 6) is 0.746. The third-order valence-electron chi connectivity index (χ3n) is 4.39. The van der Waals surface area contributed by atoms with Gasteiger partial charge in [-0.05, 0) is 66.2 Å². The molecule has 0 aromatic carbocycles. The lowest BCUT2D eigenvalue weighted by atomic mass is 9.82. The van der Waals surface area contributed by atoms with Crippen LogP contribution in [0, 0.1) is 5.92 Å². The minimum Gasteiger partial charge on any atom is -0.295 e. The second-order valence-corrected chi connectivity index (χ2v) is 7.44. The first-order chi connectivity index (χ1) is 8.19. The second kappa shape index (κ2) is 5.92. The van der Waals surface area contributed by atoms with E-state index >= 15 is 0 Å². The van der Waals surface area contributed by atoms with Crippen LogP contribution in [-0.4, -0.2) is 22.2 Å². The van der Waals surface area contributed by atoms with Crippen molar-refractivity contribution in [3.05, 3.63) is 0 Å². The van der Waals surface area contributed by atoms with Gasteiger partial charge in [-0.2, -0.15) is 5.06 Å². The molecular weight excluding hydrogens is 222 g/mol. The number of nitrogens with zero attached hydrogens (tertiary/aromatic N) is 1. The van der Waals surface area contributed by atoms with Crippen molar-refractivity contribution in [2.45, 2.75) is 97.8 Å². The fourth-order valence-electron chi connectivity index (χ4n) is 3.22. The first-order valence-electron chi connectivity index (χ1n) is 7.66. The van der Waals surface area contributed by atoms with E-state index in [9.17, 15) is 0 Å². The summed E-state index contributed by atoms with van der Waals surface area (Å²) in [5.41, 5.74) is 0.316. The molecule has 1 heterocycles. The van der Waals surface area contributed by atoms with Crippen LogP contribution in [0.15, 0.2) is 0 Å². The lowest BCUT2D eigenvalue weighted by molar-refractivity contribution is -0.303. The molecule has 1 fully saturated rings. The maximum Gasteiger partial charge on any atom is 0.0768 e. The number of hydrogen-bond acceptors (Lipinski definition) is 2. The molecule has 0 spiro atoms. The van der Waals surface area contributed by atoms with E-state index in [0.717, 1.165) is 12.3 Å². The summed E-state index contributed by atoms with van der Waals surface area (Å²) in [6.07, 6.45) is 6.47. The lowest BCUT2D eigenvalue weighted by Gasteiger charge is -2.52. The van der Waals surface area contributed by atoms with Gasteiger partial charge in [-0.15, -0.1) is 0 Å². The molecule has 2 heteroatoms. The Morgan fingerprint density at radius 1 is 1.06 bits per heavy atom. The van der Waals surface area contributed by atoms with Gasteiger partial charge in [0.25, 0.3) is 0 Å². The topological polar surface area (TPSA) is 12.5 Å². The zero-order chi connectivity index (χ0) is 14.0. The molecule has 0 aliphatic carbocycles. The summed E-state index contributed by atoms with van der Waals surface area (Å²) in [5, 5.41) is 2.29. The van der Waals surface area contributed by atoms with Crippen molar-refractivity contribution < 1.29 is 4.84 Å². The summed E-state index contributed by atoms with van der Waals surface area (Å²) in [6, 6.07) is 0. The number of piperidine rings is 1. The van der Waals surface area contributed by atoms with Crippen molar-refractivity contribution in [3.8, 4) is 0 Å². The summed E-state index contributed by atoms with van der Waals surface area (Å²) in [7, 11) is 0. The van der Waals surface area contributed by atoms with Crippen molar-refractivity contribution in [1.82, 2.24) is 5.06 Å². The highest BCUT2D eigenvalue weighted by molar-refractivity contribution is 4.93. The van der Waals surface area contributed by atoms with Crippen LogP contribution in [0.5, 0.6) is 0 Å². The predicted octanol–water partition coefficient (Wildman–Crippen LogP) is 4.79. The third kappa shape index (κ3) is 3.96. The van der Waals surface area contributed by atoms with Crippen LogP contribution in [0.25, 0.3) is 0 Å². The van der Waals surface area contributed by atoms with E-state index in [1.807, 2.05) is 0 Å². The molecule has 0 amide bonds. The predicted molar refractivity (Wildman–Crippen MR) is 78.5 cm³/mol. The quantitative estimate of drug-likeness (QED) is 0.700. The highest BCUT2D eigenvalue weighted by Gasteiger charge is 2.43.